The summed E-state index contributed by atoms with van der Waals surface area (Å²) >= 11 is 0. The predicted octanol–water partition coefficient (Wildman–Crippen LogP) is 3.58. The van der Waals surface area contributed by atoms with E-state index in [0.717, 1.165) is 33.8 Å². The van der Waals surface area contributed by atoms with Crippen LogP contribution < -0.4 is 5.32 Å². The third-order valence-corrected chi connectivity index (χ3v) is 3.91. The van der Waals surface area contributed by atoms with E-state index in [2.05, 4.69) is 14.7 Å². The Balaban J connectivity index is 1.91. The second-order valence-electron chi connectivity index (χ2n) is 5.33. The summed E-state index contributed by atoms with van der Waals surface area (Å²) in [6.45, 7) is 6.51. The molecule has 4 nitrogen and oxygen atoms in total. The zero-order valence-electron chi connectivity index (χ0n) is 12.5. The van der Waals surface area contributed by atoms with Crippen LogP contribution in [-0.4, -0.2) is 14.5 Å². The number of benzene rings is 1. The molecule has 108 valence electrons. The largest absolute Gasteiger partial charge is 0.507 e. The van der Waals surface area contributed by atoms with Crippen LogP contribution >= 0.6 is 0 Å². The summed E-state index contributed by atoms with van der Waals surface area (Å²) in [6.07, 6.45) is 2.02. The first-order valence-corrected chi connectivity index (χ1v) is 7.03. The molecule has 0 aliphatic rings. The van der Waals surface area contributed by atoms with Crippen LogP contribution in [0, 0.1) is 20.8 Å². The van der Waals surface area contributed by atoms with Crippen molar-refractivity contribution in [2.75, 3.05) is 5.32 Å². The van der Waals surface area contributed by atoms with Crippen molar-refractivity contribution in [1.82, 2.24) is 9.38 Å². The average molecular weight is 281 g/mol. The van der Waals surface area contributed by atoms with E-state index >= 15 is 0 Å². The summed E-state index contributed by atoms with van der Waals surface area (Å²) in [6, 6.07) is 9.91. The molecule has 2 heterocycles. The number of aromatic nitrogens is 2. The Hall–Kier alpha value is -2.49. The van der Waals surface area contributed by atoms with Crippen LogP contribution in [0.4, 0.5) is 5.69 Å². The van der Waals surface area contributed by atoms with Gasteiger partial charge in [0.15, 0.2) is 0 Å². The number of phenolic OH excluding ortho intramolecular Hbond substituents is 1. The fourth-order valence-corrected chi connectivity index (χ4v) is 2.58. The Morgan fingerprint density at radius 1 is 1.14 bits per heavy atom. The van der Waals surface area contributed by atoms with E-state index in [9.17, 15) is 5.11 Å². The summed E-state index contributed by atoms with van der Waals surface area (Å²) in [5.74, 6) is 0.356. The highest BCUT2D eigenvalue weighted by Gasteiger charge is 2.10. The van der Waals surface area contributed by atoms with Gasteiger partial charge in [0.25, 0.3) is 0 Å². The third-order valence-electron chi connectivity index (χ3n) is 3.91. The second kappa shape index (κ2) is 5.13. The molecule has 0 unspecified atom stereocenters. The summed E-state index contributed by atoms with van der Waals surface area (Å²) in [4.78, 5) is 4.55. The van der Waals surface area contributed by atoms with E-state index in [4.69, 9.17) is 0 Å². The zero-order valence-corrected chi connectivity index (χ0v) is 12.5. The molecule has 3 aromatic rings. The standard InChI is InChI=1S/C17H19N3O/c1-11-7-8-14(12(2)17(11)21)18-10-15-13(3)19-16-6-4-5-9-20(15)16/h4-9,18,21H,10H2,1-3H3. The normalized spacial score (nSPS) is 11.0. The van der Waals surface area contributed by atoms with Crippen LogP contribution in [0.2, 0.25) is 0 Å². The van der Waals surface area contributed by atoms with Crippen molar-refractivity contribution in [2.45, 2.75) is 27.3 Å². The minimum Gasteiger partial charge on any atom is -0.507 e. The first-order chi connectivity index (χ1) is 10.1. The van der Waals surface area contributed by atoms with Gasteiger partial charge in [-0.1, -0.05) is 12.1 Å². The first-order valence-electron chi connectivity index (χ1n) is 7.03. The highest BCUT2D eigenvalue weighted by atomic mass is 16.3. The lowest BCUT2D eigenvalue weighted by atomic mass is 10.1. The fourth-order valence-electron chi connectivity index (χ4n) is 2.58. The van der Waals surface area contributed by atoms with Gasteiger partial charge in [-0.3, -0.25) is 0 Å². The molecule has 0 radical (unpaired) electrons. The van der Waals surface area contributed by atoms with Crippen molar-refractivity contribution in [2.24, 2.45) is 0 Å². The maximum Gasteiger partial charge on any atom is 0.137 e. The molecule has 0 amide bonds. The van der Waals surface area contributed by atoms with Crippen LogP contribution in [0.5, 0.6) is 5.75 Å². The molecule has 2 N–H and O–H groups in total. The molecule has 0 fully saturated rings. The molecule has 0 saturated heterocycles. The van der Waals surface area contributed by atoms with Crippen molar-refractivity contribution in [3.05, 3.63) is 59.0 Å². The van der Waals surface area contributed by atoms with Gasteiger partial charge in [-0.25, -0.2) is 4.98 Å². The lowest BCUT2D eigenvalue weighted by Gasteiger charge is -2.12. The van der Waals surface area contributed by atoms with Gasteiger partial charge in [-0.15, -0.1) is 0 Å². The second-order valence-corrected chi connectivity index (χ2v) is 5.33. The molecule has 2 aromatic heterocycles. The SMILES string of the molecule is Cc1ccc(NCc2c(C)nc3ccccn23)c(C)c1O. The maximum absolute atomic E-state index is 10.0. The predicted molar refractivity (Wildman–Crippen MR) is 84.8 cm³/mol. The van der Waals surface area contributed by atoms with Crippen molar-refractivity contribution < 1.29 is 5.11 Å². The third kappa shape index (κ3) is 2.33. The van der Waals surface area contributed by atoms with E-state index in [0.29, 0.717) is 12.3 Å². The number of hydrogen-bond donors (Lipinski definition) is 2. The summed E-state index contributed by atoms with van der Waals surface area (Å²) in [7, 11) is 0. The van der Waals surface area contributed by atoms with Gasteiger partial charge in [-0.2, -0.15) is 0 Å². The summed E-state index contributed by atoms with van der Waals surface area (Å²) in [5.41, 5.74) is 5.82. The molecule has 1 aromatic carbocycles. The first kappa shape index (κ1) is 13.5. The highest BCUT2D eigenvalue weighted by molar-refractivity contribution is 5.59. The molecular formula is C17H19N3O. The Labute approximate surface area is 124 Å². The minimum absolute atomic E-state index is 0.356. The number of rotatable bonds is 3. The minimum atomic E-state index is 0.356. The van der Waals surface area contributed by atoms with Gasteiger partial charge in [0.2, 0.25) is 0 Å². The Morgan fingerprint density at radius 2 is 1.95 bits per heavy atom. The average Bonchev–Trinajstić information content (AvgIpc) is 2.80. The van der Waals surface area contributed by atoms with Gasteiger partial charge in [0, 0.05) is 17.4 Å². The van der Waals surface area contributed by atoms with E-state index in [1.165, 1.54) is 0 Å². The Bertz CT molecular complexity index is 805. The maximum atomic E-state index is 10.0. The van der Waals surface area contributed by atoms with Crippen molar-refractivity contribution in [3.8, 4) is 5.75 Å². The molecule has 0 atom stereocenters. The van der Waals surface area contributed by atoms with Crippen LogP contribution in [0.3, 0.4) is 0 Å². The molecule has 3 rings (SSSR count). The van der Waals surface area contributed by atoms with Crippen molar-refractivity contribution in [1.29, 1.82) is 0 Å². The molecule has 0 spiro atoms. The number of pyridine rings is 1. The van der Waals surface area contributed by atoms with Crippen LogP contribution in [0.1, 0.15) is 22.5 Å². The van der Waals surface area contributed by atoms with Gasteiger partial charge >= 0.3 is 0 Å². The van der Waals surface area contributed by atoms with Gasteiger partial charge in [-0.05, 0) is 44.5 Å². The monoisotopic (exact) mass is 281 g/mol. The van der Waals surface area contributed by atoms with E-state index in [1.807, 2.05) is 57.3 Å². The number of nitrogens with one attached hydrogen (secondary N) is 1. The number of imidazole rings is 1. The summed E-state index contributed by atoms with van der Waals surface area (Å²) < 4.78 is 2.09. The van der Waals surface area contributed by atoms with Gasteiger partial charge in [0.1, 0.15) is 11.4 Å². The number of nitrogens with zero attached hydrogens (tertiary/aromatic N) is 2. The quantitative estimate of drug-likeness (QED) is 0.771. The van der Waals surface area contributed by atoms with Gasteiger partial charge in [0.05, 0.1) is 17.9 Å². The molecule has 0 aliphatic heterocycles. The van der Waals surface area contributed by atoms with Crippen LogP contribution in [0.15, 0.2) is 36.5 Å². The lowest BCUT2D eigenvalue weighted by molar-refractivity contribution is 0.467. The van der Waals surface area contributed by atoms with Crippen molar-refractivity contribution in [3.63, 3.8) is 0 Å². The fraction of sp³-hybridized carbons (Fsp3) is 0.235. The molecule has 0 aliphatic carbocycles. The van der Waals surface area contributed by atoms with Crippen LogP contribution in [0.25, 0.3) is 5.65 Å². The molecule has 21 heavy (non-hydrogen) atoms. The highest BCUT2D eigenvalue weighted by Crippen LogP contribution is 2.28. The van der Waals surface area contributed by atoms with E-state index in [-0.39, 0.29) is 0 Å². The Kier molecular flexibility index (Phi) is 3.29. The number of anilines is 1. The smallest absolute Gasteiger partial charge is 0.137 e. The molecule has 0 bridgehead atoms. The lowest BCUT2D eigenvalue weighted by Crippen LogP contribution is -2.05. The number of hydrogen-bond acceptors (Lipinski definition) is 3. The summed E-state index contributed by atoms with van der Waals surface area (Å²) in [5, 5.41) is 13.4. The topological polar surface area (TPSA) is 49.6 Å². The van der Waals surface area contributed by atoms with E-state index in [1.54, 1.807) is 0 Å². The van der Waals surface area contributed by atoms with Crippen molar-refractivity contribution >= 4 is 11.3 Å². The number of aryl methyl sites for hydroxylation is 2. The van der Waals surface area contributed by atoms with Gasteiger partial charge < -0.3 is 14.8 Å². The molecular weight excluding hydrogens is 262 g/mol. The Morgan fingerprint density at radius 3 is 2.76 bits per heavy atom. The van der Waals surface area contributed by atoms with Crippen LogP contribution in [-0.2, 0) is 6.54 Å². The van der Waals surface area contributed by atoms with E-state index < -0.39 is 0 Å². The number of phenols is 1. The number of fused-ring (bicyclic) bond motifs is 1. The molecule has 4 heteroatoms. The zero-order chi connectivity index (χ0) is 15.0. The number of aromatic hydroxyl groups is 1. The molecule has 0 saturated carbocycles.